The van der Waals surface area contributed by atoms with E-state index in [1.807, 2.05) is 0 Å². The molecule has 0 aliphatic heterocycles. The van der Waals surface area contributed by atoms with E-state index in [4.69, 9.17) is 16.3 Å². The number of carbonyl (C=O) groups excluding carboxylic acids is 2. The van der Waals surface area contributed by atoms with Crippen LogP contribution in [0.2, 0.25) is 5.02 Å². The number of aldehydes is 1. The van der Waals surface area contributed by atoms with Gasteiger partial charge in [0.25, 0.3) is 5.91 Å². The molecule has 0 saturated heterocycles. The van der Waals surface area contributed by atoms with E-state index in [9.17, 15) is 9.59 Å². The maximum absolute atomic E-state index is 11.7. The molecule has 5 heteroatoms. The van der Waals surface area contributed by atoms with Crippen LogP contribution in [0.1, 0.15) is 10.4 Å². The molecule has 2 rings (SSSR count). The molecule has 0 aromatic heterocycles. The lowest BCUT2D eigenvalue weighted by atomic mass is 10.2. The minimum absolute atomic E-state index is 0.159. The maximum atomic E-state index is 11.7. The van der Waals surface area contributed by atoms with Gasteiger partial charge in [0.05, 0.1) is 10.7 Å². The SMILES string of the molecule is O=Cc1cccc(OCC(=O)Nc2ccccc2Cl)c1. The first-order valence-electron chi connectivity index (χ1n) is 5.91. The highest BCUT2D eigenvalue weighted by Crippen LogP contribution is 2.20. The second-order valence-electron chi connectivity index (χ2n) is 4.01. The van der Waals surface area contributed by atoms with Gasteiger partial charge in [0.1, 0.15) is 12.0 Å². The largest absolute Gasteiger partial charge is 0.484 e. The number of hydrogen-bond donors (Lipinski definition) is 1. The molecule has 0 atom stereocenters. The van der Waals surface area contributed by atoms with Crippen LogP contribution in [0.25, 0.3) is 0 Å². The molecule has 0 aliphatic rings. The van der Waals surface area contributed by atoms with Gasteiger partial charge >= 0.3 is 0 Å². The smallest absolute Gasteiger partial charge is 0.262 e. The van der Waals surface area contributed by atoms with Gasteiger partial charge in [-0.15, -0.1) is 0 Å². The molecule has 1 N–H and O–H groups in total. The zero-order valence-electron chi connectivity index (χ0n) is 10.5. The molecule has 0 bridgehead atoms. The van der Waals surface area contributed by atoms with Crippen LogP contribution in [0.5, 0.6) is 5.75 Å². The summed E-state index contributed by atoms with van der Waals surface area (Å²) in [5.41, 5.74) is 1.03. The number of carbonyl (C=O) groups is 2. The van der Waals surface area contributed by atoms with Crippen molar-refractivity contribution in [3.8, 4) is 5.75 Å². The Kier molecular flexibility index (Phi) is 4.74. The molecule has 0 aliphatic carbocycles. The van der Waals surface area contributed by atoms with Gasteiger partial charge in [-0.2, -0.15) is 0 Å². The standard InChI is InChI=1S/C15H12ClNO3/c16-13-6-1-2-7-14(13)17-15(19)10-20-12-5-3-4-11(8-12)9-18/h1-9H,10H2,(H,17,19). The Balaban J connectivity index is 1.92. The number of benzene rings is 2. The van der Waals surface area contributed by atoms with Crippen molar-refractivity contribution >= 4 is 29.5 Å². The van der Waals surface area contributed by atoms with Crippen molar-refractivity contribution in [1.82, 2.24) is 0 Å². The summed E-state index contributed by atoms with van der Waals surface area (Å²) >= 11 is 5.93. The van der Waals surface area contributed by atoms with Crippen LogP contribution >= 0.6 is 11.6 Å². The summed E-state index contributed by atoms with van der Waals surface area (Å²) < 4.78 is 5.31. The molecule has 2 aromatic carbocycles. The zero-order chi connectivity index (χ0) is 14.4. The molecule has 2 aromatic rings. The van der Waals surface area contributed by atoms with E-state index in [-0.39, 0.29) is 12.5 Å². The third-order valence-electron chi connectivity index (χ3n) is 2.51. The van der Waals surface area contributed by atoms with Crippen molar-refractivity contribution in [3.05, 3.63) is 59.1 Å². The van der Waals surface area contributed by atoms with E-state index in [0.717, 1.165) is 6.29 Å². The number of amides is 1. The Morgan fingerprint density at radius 2 is 2.00 bits per heavy atom. The monoisotopic (exact) mass is 289 g/mol. The quantitative estimate of drug-likeness (QED) is 0.860. The van der Waals surface area contributed by atoms with Crippen LogP contribution in [0.15, 0.2) is 48.5 Å². The number of anilines is 1. The molecule has 4 nitrogen and oxygen atoms in total. The summed E-state index contributed by atoms with van der Waals surface area (Å²) in [6.07, 6.45) is 0.719. The summed E-state index contributed by atoms with van der Waals surface area (Å²) in [6.45, 7) is -0.159. The van der Waals surface area contributed by atoms with Gasteiger partial charge in [-0.25, -0.2) is 0 Å². The van der Waals surface area contributed by atoms with Crippen molar-refractivity contribution in [3.63, 3.8) is 0 Å². The summed E-state index contributed by atoms with van der Waals surface area (Å²) in [6, 6.07) is 13.5. The van der Waals surface area contributed by atoms with Crippen LogP contribution in [0.3, 0.4) is 0 Å². The average Bonchev–Trinajstić information content (AvgIpc) is 2.48. The lowest BCUT2D eigenvalue weighted by Gasteiger charge is -2.08. The minimum atomic E-state index is -0.324. The molecule has 102 valence electrons. The first kappa shape index (κ1) is 14.1. The summed E-state index contributed by atoms with van der Waals surface area (Å²) in [4.78, 5) is 22.4. The number of hydrogen-bond acceptors (Lipinski definition) is 3. The number of nitrogens with one attached hydrogen (secondary N) is 1. The second-order valence-corrected chi connectivity index (χ2v) is 4.41. The molecular formula is C15H12ClNO3. The van der Waals surface area contributed by atoms with Gasteiger partial charge in [-0.05, 0) is 24.3 Å². The highest BCUT2D eigenvalue weighted by atomic mass is 35.5. The molecule has 0 heterocycles. The minimum Gasteiger partial charge on any atom is -0.484 e. The third kappa shape index (κ3) is 3.83. The Hall–Kier alpha value is -2.33. The number of ether oxygens (including phenoxy) is 1. The van der Waals surface area contributed by atoms with Crippen molar-refractivity contribution in [2.45, 2.75) is 0 Å². The summed E-state index contributed by atoms with van der Waals surface area (Å²) in [7, 11) is 0. The Morgan fingerprint density at radius 1 is 1.20 bits per heavy atom. The topological polar surface area (TPSA) is 55.4 Å². The van der Waals surface area contributed by atoms with Gasteiger partial charge in [0, 0.05) is 5.56 Å². The molecule has 0 fully saturated rings. The first-order chi connectivity index (χ1) is 9.69. The number of rotatable bonds is 5. The number of para-hydroxylation sites is 1. The van der Waals surface area contributed by atoms with Crippen LogP contribution in [0, 0.1) is 0 Å². The van der Waals surface area contributed by atoms with Crippen molar-refractivity contribution in [2.24, 2.45) is 0 Å². The van der Waals surface area contributed by atoms with E-state index in [0.29, 0.717) is 22.0 Å². The lowest BCUT2D eigenvalue weighted by Crippen LogP contribution is -2.20. The van der Waals surface area contributed by atoms with Crippen LogP contribution in [0.4, 0.5) is 5.69 Å². The van der Waals surface area contributed by atoms with Crippen LogP contribution in [-0.4, -0.2) is 18.8 Å². The van der Waals surface area contributed by atoms with Crippen molar-refractivity contribution in [1.29, 1.82) is 0 Å². The molecule has 0 unspecified atom stereocenters. The second kappa shape index (κ2) is 6.73. The van der Waals surface area contributed by atoms with E-state index in [1.165, 1.54) is 0 Å². The van der Waals surface area contributed by atoms with Gasteiger partial charge < -0.3 is 10.1 Å². The number of halogens is 1. The van der Waals surface area contributed by atoms with Gasteiger partial charge in [0.15, 0.2) is 6.61 Å². The highest BCUT2D eigenvalue weighted by molar-refractivity contribution is 6.33. The Bertz CT molecular complexity index is 628. The van der Waals surface area contributed by atoms with Crippen LogP contribution in [-0.2, 0) is 4.79 Å². The van der Waals surface area contributed by atoms with E-state index < -0.39 is 0 Å². The first-order valence-corrected chi connectivity index (χ1v) is 6.29. The molecular weight excluding hydrogens is 278 g/mol. The Labute approximate surface area is 121 Å². The fraction of sp³-hybridized carbons (Fsp3) is 0.0667. The Morgan fingerprint density at radius 3 is 2.75 bits per heavy atom. The average molecular weight is 290 g/mol. The molecule has 0 spiro atoms. The maximum Gasteiger partial charge on any atom is 0.262 e. The lowest BCUT2D eigenvalue weighted by molar-refractivity contribution is -0.118. The van der Waals surface area contributed by atoms with E-state index in [2.05, 4.69) is 5.32 Å². The predicted octanol–water partition coefficient (Wildman–Crippen LogP) is 3.17. The van der Waals surface area contributed by atoms with Crippen molar-refractivity contribution < 1.29 is 14.3 Å². The van der Waals surface area contributed by atoms with Crippen molar-refractivity contribution in [2.75, 3.05) is 11.9 Å². The van der Waals surface area contributed by atoms with Gasteiger partial charge in [0.2, 0.25) is 0 Å². The molecule has 0 radical (unpaired) electrons. The normalized spacial score (nSPS) is 9.85. The fourth-order valence-corrected chi connectivity index (χ4v) is 1.76. The summed E-state index contributed by atoms with van der Waals surface area (Å²) in [5, 5.41) is 3.11. The zero-order valence-corrected chi connectivity index (χ0v) is 11.3. The predicted molar refractivity (Wildman–Crippen MR) is 77.4 cm³/mol. The molecule has 0 saturated carbocycles. The van der Waals surface area contributed by atoms with Crippen LogP contribution < -0.4 is 10.1 Å². The molecule has 1 amide bonds. The fourth-order valence-electron chi connectivity index (χ4n) is 1.58. The van der Waals surface area contributed by atoms with Gasteiger partial charge in [-0.1, -0.05) is 35.9 Å². The third-order valence-corrected chi connectivity index (χ3v) is 2.84. The summed E-state index contributed by atoms with van der Waals surface area (Å²) in [5.74, 6) is 0.138. The highest BCUT2D eigenvalue weighted by Gasteiger charge is 2.06. The molecule has 20 heavy (non-hydrogen) atoms. The van der Waals surface area contributed by atoms with E-state index in [1.54, 1.807) is 48.5 Å². The van der Waals surface area contributed by atoms with E-state index >= 15 is 0 Å². The van der Waals surface area contributed by atoms with Gasteiger partial charge in [-0.3, -0.25) is 9.59 Å².